The lowest BCUT2D eigenvalue weighted by atomic mass is 10.2. The Kier molecular flexibility index (Phi) is 5.83. The standard InChI is InChI=1S/C19H20F3N3O2/c20-19(21,22)13-27-16-8-6-14(7-9-16)18(26)23-12-15-4-3-5-17(24-15)25-10-1-2-11-25/h3-9H,1-2,10-13H2,(H,23,26). The molecule has 0 saturated carbocycles. The third-order valence-corrected chi connectivity index (χ3v) is 4.17. The van der Waals surface area contributed by atoms with Crippen molar-refractivity contribution in [2.45, 2.75) is 25.6 Å². The van der Waals surface area contributed by atoms with Crippen molar-refractivity contribution in [2.24, 2.45) is 0 Å². The van der Waals surface area contributed by atoms with Crippen LogP contribution in [0.1, 0.15) is 28.9 Å². The van der Waals surface area contributed by atoms with Gasteiger partial charge in [-0.15, -0.1) is 0 Å². The topological polar surface area (TPSA) is 54.5 Å². The van der Waals surface area contributed by atoms with Crippen LogP contribution in [0.5, 0.6) is 5.75 Å². The van der Waals surface area contributed by atoms with E-state index >= 15 is 0 Å². The number of nitrogens with one attached hydrogen (secondary N) is 1. The SMILES string of the molecule is O=C(NCc1cccc(N2CCCC2)n1)c1ccc(OCC(F)(F)F)cc1. The molecule has 1 aliphatic rings. The molecule has 0 radical (unpaired) electrons. The summed E-state index contributed by atoms with van der Waals surface area (Å²) in [4.78, 5) is 19.0. The van der Waals surface area contributed by atoms with Crippen molar-refractivity contribution >= 4 is 11.7 Å². The number of hydrogen-bond donors (Lipinski definition) is 1. The summed E-state index contributed by atoms with van der Waals surface area (Å²) in [5, 5.41) is 2.77. The van der Waals surface area contributed by atoms with Gasteiger partial charge in [-0.3, -0.25) is 4.79 Å². The van der Waals surface area contributed by atoms with E-state index in [0.29, 0.717) is 5.56 Å². The Morgan fingerprint density at radius 1 is 1.11 bits per heavy atom. The van der Waals surface area contributed by atoms with Crippen LogP contribution in [0.15, 0.2) is 42.5 Å². The molecule has 0 unspecified atom stereocenters. The summed E-state index contributed by atoms with van der Waals surface area (Å²) in [6, 6.07) is 11.2. The number of rotatable bonds is 6. The lowest BCUT2D eigenvalue weighted by molar-refractivity contribution is -0.153. The van der Waals surface area contributed by atoms with Crippen molar-refractivity contribution in [3.8, 4) is 5.75 Å². The number of carbonyl (C=O) groups excluding carboxylic acids is 1. The predicted octanol–water partition coefficient (Wildman–Crippen LogP) is 3.55. The normalized spacial score (nSPS) is 14.3. The number of anilines is 1. The first-order valence-corrected chi connectivity index (χ1v) is 8.69. The third-order valence-electron chi connectivity index (χ3n) is 4.17. The Morgan fingerprint density at radius 2 is 1.81 bits per heavy atom. The van der Waals surface area contributed by atoms with Crippen molar-refractivity contribution in [3.63, 3.8) is 0 Å². The second kappa shape index (κ2) is 8.28. The van der Waals surface area contributed by atoms with Gasteiger partial charge >= 0.3 is 6.18 Å². The fourth-order valence-electron chi connectivity index (χ4n) is 2.83. The van der Waals surface area contributed by atoms with Crippen molar-refractivity contribution in [1.29, 1.82) is 0 Å². The summed E-state index contributed by atoms with van der Waals surface area (Å²) in [6.07, 6.45) is -2.08. The van der Waals surface area contributed by atoms with Crippen LogP contribution < -0.4 is 15.0 Å². The molecule has 5 nitrogen and oxygen atoms in total. The van der Waals surface area contributed by atoms with Gasteiger partial charge in [-0.1, -0.05) is 6.07 Å². The van der Waals surface area contributed by atoms with Crippen molar-refractivity contribution in [3.05, 3.63) is 53.7 Å². The van der Waals surface area contributed by atoms with Crippen molar-refractivity contribution < 1.29 is 22.7 Å². The molecular weight excluding hydrogens is 359 g/mol. The van der Waals surface area contributed by atoms with Crippen LogP contribution in [-0.2, 0) is 6.54 Å². The molecular formula is C19H20F3N3O2. The van der Waals surface area contributed by atoms with Crippen LogP contribution in [0, 0.1) is 0 Å². The highest BCUT2D eigenvalue weighted by Gasteiger charge is 2.28. The first kappa shape index (κ1) is 19.0. The van der Waals surface area contributed by atoms with Gasteiger partial charge in [0.15, 0.2) is 6.61 Å². The Labute approximate surface area is 155 Å². The number of nitrogens with zero attached hydrogens (tertiary/aromatic N) is 2. The van der Waals surface area contributed by atoms with Crippen LogP contribution in [0.2, 0.25) is 0 Å². The highest BCUT2D eigenvalue weighted by atomic mass is 19.4. The highest BCUT2D eigenvalue weighted by molar-refractivity contribution is 5.94. The number of pyridine rings is 1. The maximum atomic E-state index is 12.2. The molecule has 27 heavy (non-hydrogen) atoms. The van der Waals surface area contributed by atoms with Gasteiger partial charge in [0.25, 0.3) is 5.91 Å². The number of carbonyl (C=O) groups is 1. The van der Waals surface area contributed by atoms with Crippen LogP contribution in [0.25, 0.3) is 0 Å². The van der Waals surface area contributed by atoms with Crippen LogP contribution >= 0.6 is 0 Å². The molecule has 3 rings (SSSR count). The number of amides is 1. The first-order chi connectivity index (χ1) is 12.9. The Bertz CT molecular complexity index is 773. The Hall–Kier alpha value is -2.77. The van der Waals surface area contributed by atoms with Crippen molar-refractivity contribution in [1.82, 2.24) is 10.3 Å². The summed E-state index contributed by atoms with van der Waals surface area (Å²) < 4.78 is 41.0. The number of halogens is 3. The van der Waals surface area contributed by atoms with E-state index in [0.717, 1.165) is 37.4 Å². The average Bonchev–Trinajstić information content (AvgIpc) is 3.19. The molecule has 2 heterocycles. The van der Waals surface area contributed by atoms with E-state index in [1.165, 1.54) is 24.3 Å². The molecule has 1 aliphatic heterocycles. The van der Waals surface area contributed by atoms with Gasteiger partial charge in [-0.05, 0) is 49.2 Å². The second-order valence-corrected chi connectivity index (χ2v) is 6.29. The molecule has 0 aliphatic carbocycles. The molecule has 1 N–H and O–H groups in total. The van der Waals surface area contributed by atoms with E-state index in [1.54, 1.807) is 0 Å². The number of hydrogen-bond acceptors (Lipinski definition) is 4. The molecule has 2 aromatic rings. The fraction of sp³-hybridized carbons (Fsp3) is 0.368. The van der Waals surface area contributed by atoms with Gasteiger partial charge in [0.2, 0.25) is 0 Å². The number of benzene rings is 1. The van der Waals surface area contributed by atoms with Gasteiger partial charge in [-0.2, -0.15) is 13.2 Å². The van der Waals surface area contributed by atoms with Gasteiger partial charge in [-0.25, -0.2) is 4.98 Å². The molecule has 0 atom stereocenters. The average molecular weight is 379 g/mol. The van der Waals surface area contributed by atoms with Crippen molar-refractivity contribution in [2.75, 3.05) is 24.6 Å². The lowest BCUT2D eigenvalue weighted by Crippen LogP contribution is -2.24. The first-order valence-electron chi connectivity index (χ1n) is 8.69. The molecule has 0 spiro atoms. The van der Waals surface area contributed by atoms with Gasteiger partial charge in [0.1, 0.15) is 11.6 Å². The van der Waals surface area contributed by atoms with E-state index < -0.39 is 12.8 Å². The largest absolute Gasteiger partial charge is 0.484 e. The summed E-state index contributed by atoms with van der Waals surface area (Å²) in [5.74, 6) is 0.639. The maximum Gasteiger partial charge on any atom is 0.422 e. The Balaban J connectivity index is 1.54. The fourth-order valence-corrected chi connectivity index (χ4v) is 2.83. The molecule has 0 bridgehead atoms. The van der Waals surface area contributed by atoms with Gasteiger partial charge < -0.3 is 15.0 Å². The van der Waals surface area contributed by atoms with E-state index in [1.807, 2.05) is 18.2 Å². The maximum absolute atomic E-state index is 12.2. The van der Waals surface area contributed by atoms with E-state index in [4.69, 9.17) is 0 Å². The highest BCUT2D eigenvalue weighted by Crippen LogP contribution is 2.19. The zero-order valence-electron chi connectivity index (χ0n) is 14.6. The summed E-state index contributed by atoms with van der Waals surface area (Å²) in [6.45, 7) is 0.890. The molecule has 1 aromatic carbocycles. The van der Waals surface area contributed by atoms with E-state index in [2.05, 4.69) is 19.9 Å². The molecule has 144 valence electrons. The second-order valence-electron chi connectivity index (χ2n) is 6.29. The van der Waals surface area contributed by atoms with Gasteiger partial charge in [0, 0.05) is 18.7 Å². The lowest BCUT2D eigenvalue weighted by Gasteiger charge is -2.17. The smallest absolute Gasteiger partial charge is 0.422 e. The third kappa shape index (κ3) is 5.60. The molecule has 1 aromatic heterocycles. The minimum Gasteiger partial charge on any atom is -0.484 e. The molecule has 8 heteroatoms. The molecule has 1 saturated heterocycles. The zero-order chi connectivity index (χ0) is 19.3. The summed E-state index contributed by atoms with van der Waals surface area (Å²) in [7, 11) is 0. The molecule has 1 fully saturated rings. The number of aromatic nitrogens is 1. The Morgan fingerprint density at radius 3 is 2.48 bits per heavy atom. The number of alkyl halides is 3. The zero-order valence-corrected chi connectivity index (χ0v) is 14.6. The monoisotopic (exact) mass is 379 g/mol. The quantitative estimate of drug-likeness (QED) is 0.834. The summed E-state index contributed by atoms with van der Waals surface area (Å²) in [5.41, 5.74) is 1.09. The number of ether oxygens (including phenoxy) is 1. The predicted molar refractivity (Wildman–Crippen MR) is 94.8 cm³/mol. The van der Waals surface area contributed by atoms with E-state index in [9.17, 15) is 18.0 Å². The van der Waals surface area contributed by atoms with Crippen LogP contribution in [-0.4, -0.2) is 36.8 Å². The minimum absolute atomic E-state index is 0.0591. The minimum atomic E-state index is -4.40. The van der Waals surface area contributed by atoms with E-state index in [-0.39, 0.29) is 18.2 Å². The van der Waals surface area contributed by atoms with Crippen LogP contribution in [0.4, 0.5) is 19.0 Å². The van der Waals surface area contributed by atoms with Crippen LogP contribution in [0.3, 0.4) is 0 Å². The molecule has 1 amide bonds. The van der Waals surface area contributed by atoms with Gasteiger partial charge in [0.05, 0.1) is 12.2 Å². The summed E-state index contributed by atoms with van der Waals surface area (Å²) >= 11 is 0.